The molecule has 0 radical (unpaired) electrons. The average Bonchev–Trinajstić information content (AvgIpc) is 2.60. The summed E-state index contributed by atoms with van der Waals surface area (Å²) in [4.78, 5) is 24.8. The Bertz CT molecular complexity index is 385. The number of fused-ring (bicyclic) bond motifs is 2. The smallest absolute Gasteiger partial charge is 0.324 e. The van der Waals surface area contributed by atoms with Gasteiger partial charge in [-0.05, 0) is 25.2 Å². The van der Waals surface area contributed by atoms with Crippen molar-refractivity contribution in [1.82, 2.24) is 0 Å². The van der Waals surface area contributed by atoms with E-state index < -0.39 is 22.8 Å². The molecule has 4 nitrogen and oxygen atoms in total. The molecule has 0 aliphatic heterocycles. The second kappa shape index (κ2) is 4.99. The molecule has 2 aliphatic carbocycles. The lowest BCUT2D eigenvalue weighted by Gasteiger charge is -2.39. The first-order chi connectivity index (χ1) is 9.06. The highest BCUT2D eigenvalue weighted by molar-refractivity contribution is 6.02. The van der Waals surface area contributed by atoms with E-state index in [1.54, 1.807) is 6.08 Å². The van der Waals surface area contributed by atoms with Gasteiger partial charge in [-0.25, -0.2) is 0 Å². The van der Waals surface area contributed by atoms with Gasteiger partial charge in [-0.15, -0.1) is 6.58 Å². The first-order valence-electron chi connectivity index (χ1n) is 6.87. The normalized spacial score (nSPS) is 32.2. The van der Waals surface area contributed by atoms with Crippen molar-refractivity contribution in [2.24, 2.45) is 16.7 Å². The third kappa shape index (κ3) is 1.80. The van der Waals surface area contributed by atoms with Gasteiger partial charge in [0.05, 0.1) is 14.2 Å². The molecule has 0 aromatic heterocycles. The van der Waals surface area contributed by atoms with Crippen LogP contribution in [0.1, 0.15) is 38.5 Å². The van der Waals surface area contributed by atoms with Crippen molar-refractivity contribution in [3.63, 3.8) is 0 Å². The van der Waals surface area contributed by atoms with Crippen molar-refractivity contribution in [2.75, 3.05) is 14.2 Å². The predicted molar refractivity (Wildman–Crippen MR) is 70.3 cm³/mol. The quantitative estimate of drug-likeness (QED) is 0.447. The summed E-state index contributed by atoms with van der Waals surface area (Å²) >= 11 is 0. The summed E-state index contributed by atoms with van der Waals surface area (Å²) in [6.07, 6.45) is 7.19. The van der Waals surface area contributed by atoms with Crippen LogP contribution in [0.15, 0.2) is 12.7 Å². The Labute approximate surface area is 114 Å². The monoisotopic (exact) mass is 266 g/mol. The Morgan fingerprint density at radius 3 is 2.32 bits per heavy atom. The van der Waals surface area contributed by atoms with Crippen molar-refractivity contribution in [1.29, 1.82) is 0 Å². The van der Waals surface area contributed by atoms with E-state index in [1.165, 1.54) is 14.2 Å². The molecular formula is C15H22O4. The summed E-state index contributed by atoms with van der Waals surface area (Å²) in [6.45, 7) is 3.91. The molecule has 2 saturated carbocycles. The van der Waals surface area contributed by atoms with E-state index >= 15 is 0 Å². The van der Waals surface area contributed by atoms with E-state index in [1.807, 2.05) is 0 Å². The average molecular weight is 266 g/mol. The highest BCUT2D eigenvalue weighted by Gasteiger charge is 2.67. The van der Waals surface area contributed by atoms with Crippen molar-refractivity contribution >= 4 is 11.9 Å². The van der Waals surface area contributed by atoms with Crippen molar-refractivity contribution in [3.05, 3.63) is 12.7 Å². The van der Waals surface area contributed by atoms with E-state index in [-0.39, 0.29) is 0 Å². The SMILES string of the molecule is C=C[C@]12CCCC[C@H](CC1(C(=O)OC)C(=O)OC)C2. The van der Waals surface area contributed by atoms with E-state index in [4.69, 9.17) is 9.47 Å². The highest BCUT2D eigenvalue weighted by atomic mass is 16.5. The lowest BCUT2D eigenvalue weighted by atomic mass is 9.63. The Kier molecular flexibility index (Phi) is 3.70. The van der Waals surface area contributed by atoms with Crippen molar-refractivity contribution in [3.8, 4) is 0 Å². The number of hydrogen-bond donors (Lipinski definition) is 0. The summed E-state index contributed by atoms with van der Waals surface area (Å²) < 4.78 is 9.90. The molecule has 0 heterocycles. The third-order valence-corrected chi connectivity index (χ3v) is 5.04. The molecule has 2 rings (SSSR count). The van der Waals surface area contributed by atoms with Crippen LogP contribution in [-0.4, -0.2) is 26.2 Å². The third-order valence-electron chi connectivity index (χ3n) is 5.04. The zero-order valence-corrected chi connectivity index (χ0v) is 11.7. The molecule has 0 aromatic carbocycles. The summed E-state index contributed by atoms with van der Waals surface area (Å²) in [5, 5.41) is 0. The van der Waals surface area contributed by atoms with Crippen LogP contribution >= 0.6 is 0 Å². The van der Waals surface area contributed by atoms with Crippen molar-refractivity contribution in [2.45, 2.75) is 38.5 Å². The van der Waals surface area contributed by atoms with E-state index in [0.29, 0.717) is 12.3 Å². The second-order valence-corrected chi connectivity index (χ2v) is 5.77. The fourth-order valence-electron chi connectivity index (χ4n) is 4.16. The van der Waals surface area contributed by atoms with Gasteiger partial charge < -0.3 is 9.47 Å². The molecule has 19 heavy (non-hydrogen) atoms. The van der Waals surface area contributed by atoms with Gasteiger partial charge in [-0.1, -0.05) is 25.3 Å². The summed E-state index contributed by atoms with van der Waals surface area (Å²) in [7, 11) is 2.67. The molecule has 2 bridgehead atoms. The minimum absolute atomic E-state index is 0.374. The van der Waals surface area contributed by atoms with Crippen LogP contribution in [0.4, 0.5) is 0 Å². The molecule has 2 fully saturated rings. The molecule has 2 atom stereocenters. The zero-order valence-electron chi connectivity index (χ0n) is 11.7. The van der Waals surface area contributed by atoms with Crippen LogP contribution in [-0.2, 0) is 19.1 Å². The zero-order chi connectivity index (χ0) is 14.1. The molecule has 0 spiro atoms. The Morgan fingerprint density at radius 2 is 1.79 bits per heavy atom. The van der Waals surface area contributed by atoms with E-state index in [0.717, 1.165) is 32.1 Å². The highest BCUT2D eigenvalue weighted by Crippen LogP contribution is 2.62. The van der Waals surface area contributed by atoms with Crippen LogP contribution in [0.3, 0.4) is 0 Å². The van der Waals surface area contributed by atoms with Crippen LogP contribution in [0, 0.1) is 16.7 Å². The Hall–Kier alpha value is -1.32. The molecule has 2 aliphatic rings. The van der Waals surface area contributed by atoms with Gasteiger partial charge in [0.15, 0.2) is 5.41 Å². The molecule has 0 amide bonds. The molecule has 4 heteroatoms. The van der Waals surface area contributed by atoms with Gasteiger partial charge >= 0.3 is 11.9 Å². The molecule has 0 saturated heterocycles. The van der Waals surface area contributed by atoms with Crippen LogP contribution in [0.2, 0.25) is 0 Å². The number of rotatable bonds is 3. The first kappa shape index (κ1) is 14.1. The fourth-order valence-corrected chi connectivity index (χ4v) is 4.16. The van der Waals surface area contributed by atoms with Gasteiger partial charge in [0.2, 0.25) is 0 Å². The maximum atomic E-state index is 12.4. The maximum absolute atomic E-state index is 12.4. The molecule has 106 valence electrons. The number of esters is 2. The van der Waals surface area contributed by atoms with Crippen molar-refractivity contribution < 1.29 is 19.1 Å². The number of carbonyl (C=O) groups excluding carboxylic acids is 2. The molecule has 0 aromatic rings. The second-order valence-electron chi connectivity index (χ2n) is 5.77. The Balaban J connectivity index is 2.55. The molecular weight excluding hydrogens is 244 g/mol. The molecule has 0 unspecified atom stereocenters. The van der Waals surface area contributed by atoms with Gasteiger partial charge in [0.25, 0.3) is 0 Å². The van der Waals surface area contributed by atoms with Gasteiger partial charge in [-0.2, -0.15) is 0 Å². The number of carbonyl (C=O) groups is 2. The number of hydrogen-bond acceptors (Lipinski definition) is 4. The lowest BCUT2D eigenvalue weighted by molar-refractivity contribution is -0.176. The number of allylic oxidation sites excluding steroid dienone is 1. The summed E-state index contributed by atoms with van der Waals surface area (Å²) in [5.41, 5.74) is -1.70. The lowest BCUT2D eigenvalue weighted by Crippen LogP contribution is -2.50. The fraction of sp³-hybridized carbons (Fsp3) is 0.733. The molecule has 0 N–H and O–H groups in total. The van der Waals surface area contributed by atoms with Gasteiger partial charge in [-0.3, -0.25) is 9.59 Å². The van der Waals surface area contributed by atoms with Crippen LogP contribution in [0.25, 0.3) is 0 Å². The first-order valence-corrected chi connectivity index (χ1v) is 6.87. The van der Waals surface area contributed by atoms with Crippen LogP contribution in [0.5, 0.6) is 0 Å². The van der Waals surface area contributed by atoms with Gasteiger partial charge in [0.1, 0.15) is 0 Å². The predicted octanol–water partition coefficient (Wildman–Crippen LogP) is 2.48. The summed E-state index contributed by atoms with van der Waals surface area (Å²) in [6, 6.07) is 0. The topological polar surface area (TPSA) is 52.6 Å². The van der Waals surface area contributed by atoms with E-state index in [2.05, 4.69) is 6.58 Å². The largest absolute Gasteiger partial charge is 0.468 e. The number of ether oxygens (including phenoxy) is 2. The van der Waals surface area contributed by atoms with Gasteiger partial charge in [0, 0.05) is 5.41 Å². The minimum Gasteiger partial charge on any atom is -0.468 e. The Morgan fingerprint density at radius 1 is 1.16 bits per heavy atom. The maximum Gasteiger partial charge on any atom is 0.324 e. The minimum atomic E-state index is -1.19. The number of methoxy groups -OCH3 is 2. The van der Waals surface area contributed by atoms with E-state index in [9.17, 15) is 9.59 Å². The summed E-state index contributed by atoms with van der Waals surface area (Å²) in [5.74, 6) is -0.564. The van der Waals surface area contributed by atoms with Crippen LogP contribution < -0.4 is 0 Å². The standard InChI is InChI=1S/C15H22O4/c1-4-14-8-6-5-7-11(9-14)10-15(14,12(16)18-2)13(17)19-3/h4,11H,1,5-10H2,2-3H3/t11-,14+/m0/s1.